The maximum atomic E-state index is 4.61. The predicted molar refractivity (Wildman–Crippen MR) is 82.2 cm³/mol. The van der Waals surface area contributed by atoms with E-state index in [2.05, 4.69) is 53.8 Å². The van der Waals surface area contributed by atoms with Crippen molar-refractivity contribution < 1.29 is 0 Å². The second-order valence-electron chi connectivity index (χ2n) is 6.12. The maximum Gasteiger partial charge on any atom is 0.0547 e. The Morgan fingerprint density at radius 2 is 1.65 bits per heavy atom. The highest BCUT2D eigenvalue weighted by Crippen LogP contribution is 2.19. The standard InChI is InChI=1S/C17H23N3/c1-14-8-7-10-16(19-14)13-20(17(2,3)4)12-15-9-5-6-11-18-15/h5-11H,12-13H2,1-4H3. The fraction of sp³-hybridized carbons (Fsp3) is 0.412. The van der Waals surface area contributed by atoms with Crippen molar-refractivity contribution in [1.29, 1.82) is 0 Å². The molecule has 2 aromatic rings. The first kappa shape index (κ1) is 14.7. The van der Waals surface area contributed by atoms with E-state index in [4.69, 9.17) is 0 Å². The number of hydrogen-bond donors (Lipinski definition) is 0. The predicted octanol–water partition coefficient (Wildman–Crippen LogP) is 3.59. The van der Waals surface area contributed by atoms with Crippen LogP contribution in [0.5, 0.6) is 0 Å². The Hall–Kier alpha value is -1.74. The Labute approximate surface area is 121 Å². The number of nitrogens with zero attached hydrogens (tertiary/aromatic N) is 3. The first-order valence-electron chi connectivity index (χ1n) is 7.02. The van der Waals surface area contributed by atoms with Crippen LogP contribution >= 0.6 is 0 Å². The monoisotopic (exact) mass is 269 g/mol. The van der Waals surface area contributed by atoms with Gasteiger partial charge in [0.05, 0.1) is 11.4 Å². The van der Waals surface area contributed by atoms with E-state index in [-0.39, 0.29) is 5.54 Å². The molecular formula is C17H23N3. The number of rotatable bonds is 4. The van der Waals surface area contributed by atoms with Crippen LogP contribution in [0.2, 0.25) is 0 Å². The summed E-state index contributed by atoms with van der Waals surface area (Å²) in [5.41, 5.74) is 3.34. The molecule has 0 radical (unpaired) electrons. The van der Waals surface area contributed by atoms with Gasteiger partial charge >= 0.3 is 0 Å². The van der Waals surface area contributed by atoms with Crippen LogP contribution in [0.3, 0.4) is 0 Å². The van der Waals surface area contributed by atoms with Gasteiger partial charge in [-0.2, -0.15) is 0 Å². The van der Waals surface area contributed by atoms with E-state index < -0.39 is 0 Å². The average Bonchev–Trinajstić information content (AvgIpc) is 2.38. The van der Waals surface area contributed by atoms with Gasteiger partial charge in [0.1, 0.15) is 0 Å². The lowest BCUT2D eigenvalue weighted by atomic mass is 10.0. The maximum absolute atomic E-state index is 4.61. The molecule has 0 amide bonds. The fourth-order valence-electron chi connectivity index (χ4n) is 2.10. The van der Waals surface area contributed by atoms with Gasteiger partial charge < -0.3 is 0 Å². The molecule has 0 saturated carbocycles. The van der Waals surface area contributed by atoms with Gasteiger partial charge in [0.2, 0.25) is 0 Å². The van der Waals surface area contributed by atoms with Crippen molar-refractivity contribution in [3.8, 4) is 0 Å². The summed E-state index contributed by atoms with van der Waals surface area (Å²) < 4.78 is 0. The zero-order chi connectivity index (χ0) is 14.6. The lowest BCUT2D eigenvalue weighted by Crippen LogP contribution is -2.40. The Morgan fingerprint density at radius 1 is 0.950 bits per heavy atom. The molecule has 0 aliphatic rings. The summed E-state index contributed by atoms with van der Waals surface area (Å²) in [6.07, 6.45) is 1.85. The van der Waals surface area contributed by atoms with E-state index in [1.54, 1.807) is 0 Å². The quantitative estimate of drug-likeness (QED) is 0.849. The van der Waals surface area contributed by atoms with Gasteiger partial charge in [0.25, 0.3) is 0 Å². The molecule has 106 valence electrons. The SMILES string of the molecule is Cc1cccc(CN(Cc2ccccn2)C(C)(C)C)n1. The van der Waals surface area contributed by atoms with Crippen molar-refractivity contribution in [3.05, 3.63) is 59.7 Å². The summed E-state index contributed by atoms with van der Waals surface area (Å²) in [6, 6.07) is 12.2. The van der Waals surface area contributed by atoms with Gasteiger partial charge in [0.15, 0.2) is 0 Å². The van der Waals surface area contributed by atoms with Crippen molar-refractivity contribution in [2.45, 2.75) is 46.3 Å². The third-order valence-electron chi connectivity index (χ3n) is 3.33. The fourth-order valence-corrected chi connectivity index (χ4v) is 2.10. The summed E-state index contributed by atoms with van der Waals surface area (Å²) in [5, 5.41) is 0. The molecule has 0 aromatic carbocycles. The minimum Gasteiger partial charge on any atom is -0.287 e. The molecule has 3 heteroatoms. The van der Waals surface area contributed by atoms with Crippen LogP contribution in [0.4, 0.5) is 0 Å². The summed E-state index contributed by atoms with van der Waals surface area (Å²) in [7, 11) is 0. The Kier molecular flexibility index (Phi) is 4.50. The lowest BCUT2D eigenvalue weighted by Gasteiger charge is -2.35. The van der Waals surface area contributed by atoms with Crippen molar-refractivity contribution in [1.82, 2.24) is 14.9 Å². The highest BCUT2D eigenvalue weighted by atomic mass is 15.2. The van der Waals surface area contributed by atoms with Crippen molar-refractivity contribution in [3.63, 3.8) is 0 Å². The molecule has 2 heterocycles. The van der Waals surface area contributed by atoms with Crippen LogP contribution in [0.1, 0.15) is 37.9 Å². The van der Waals surface area contributed by atoms with E-state index in [0.717, 1.165) is 30.2 Å². The highest BCUT2D eigenvalue weighted by Gasteiger charge is 2.22. The third kappa shape index (κ3) is 4.14. The summed E-state index contributed by atoms with van der Waals surface area (Å²) >= 11 is 0. The Morgan fingerprint density at radius 3 is 2.25 bits per heavy atom. The summed E-state index contributed by atoms with van der Waals surface area (Å²) in [5.74, 6) is 0. The molecule has 0 atom stereocenters. The van der Waals surface area contributed by atoms with Gasteiger partial charge in [-0.3, -0.25) is 14.9 Å². The molecule has 0 spiro atoms. The minimum atomic E-state index is 0.0724. The molecule has 0 fully saturated rings. The molecular weight excluding hydrogens is 246 g/mol. The van der Waals surface area contributed by atoms with Crippen LogP contribution in [-0.2, 0) is 13.1 Å². The average molecular weight is 269 g/mol. The minimum absolute atomic E-state index is 0.0724. The summed E-state index contributed by atoms with van der Waals surface area (Å²) in [6.45, 7) is 10.4. The Balaban J connectivity index is 2.16. The first-order chi connectivity index (χ1) is 9.45. The molecule has 0 N–H and O–H groups in total. The molecule has 2 aromatic heterocycles. The largest absolute Gasteiger partial charge is 0.287 e. The first-order valence-corrected chi connectivity index (χ1v) is 7.02. The van der Waals surface area contributed by atoms with E-state index in [1.165, 1.54) is 0 Å². The van der Waals surface area contributed by atoms with Crippen molar-refractivity contribution in [2.24, 2.45) is 0 Å². The van der Waals surface area contributed by atoms with Crippen LogP contribution < -0.4 is 0 Å². The second kappa shape index (κ2) is 6.14. The topological polar surface area (TPSA) is 29.0 Å². The molecule has 0 aliphatic heterocycles. The molecule has 0 bridgehead atoms. The molecule has 20 heavy (non-hydrogen) atoms. The molecule has 0 aliphatic carbocycles. The number of aromatic nitrogens is 2. The second-order valence-corrected chi connectivity index (χ2v) is 6.12. The summed E-state index contributed by atoms with van der Waals surface area (Å²) in [4.78, 5) is 11.4. The van der Waals surface area contributed by atoms with Gasteiger partial charge in [-0.25, -0.2) is 0 Å². The van der Waals surface area contributed by atoms with E-state index in [9.17, 15) is 0 Å². The highest BCUT2D eigenvalue weighted by molar-refractivity contribution is 5.11. The number of hydrogen-bond acceptors (Lipinski definition) is 3. The normalized spacial score (nSPS) is 11.8. The van der Waals surface area contributed by atoms with Gasteiger partial charge in [-0.05, 0) is 52.0 Å². The molecule has 0 unspecified atom stereocenters. The van der Waals surface area contributed by atoms with E-state index in [1.807, 2.05) is 31.3 Å². The van der Waals surface area contributed by atoms with Crippen LogP contribution in [-0.4, -0.2) is 20.4 Å². The zero-order valence-electron chi connectivity index (χ0n) is 12.8. The van der Waals surface area contributed by atoms with E-state index >= 15 is 0 Å². The van der Waals surface area contributed by atoms with Gasteiger partial charge in [0, 0.05) is 30.5 Å². The van der Waals surface area contributed by atoms with Crippen molar-refractivity contribution in [2.75, 3.05) is 0 Å². The van der Waals surface area contributed by atoms with E-state index in [0.29, 0.717) is 0 Å². The molecule has 3 nitrogen and oxygen atoms in total. The van der Waals surface area contributed by atoms with Crippen LogP contribution in [0.15, 0.2) is 42.6 Å². The third-order valence-corrected chi connectivity index (χ3v) is 3.33. The molecule has 2 rings (SSSR count). The number of pyridine rings is 2. The van der Waals surface area contributed by atoms with Gasteiger partial charge in [-0.15, -0.1) is 0 Å². The zero-order valence-corrected chi connectivity index (χ0v) is 12.8. The van der Waals surface area contributed by atoms with Gasteiger partial charge in [-0.1, -0.05) is 12.1 Å². The molecule has 0 saturated heterocycles. The van der Waals surface area contributed by atoms with Crippen molar-refractivity contribution >= 4 is 0 Å². The lowest BCUT2D eigenvalue weighted by molar-refractivity contribution is 0.115. The van der Waals surface area contributed by atoms with Crippen LogP contribution in [0.25, 0.3) is 0 Å². The number of aryl methyl sites for hydroxylation is 1. The van der Waals surface area contributed by atoms with Crippen LogP contribution in [0, 0.1) is 6.92 Å². The Bertz CT molecular complexity index is 544. The smallest absolute Gasteiger partial charge is 0.0547 e.